The van der Waals surface area contributed by atoms with Crippen LogP contribution < -0.4 is 10.6 Å². The Balaban J connectivity index is 1.18. The molecule has 0 atom stereocenters. The first-order valence-corrected chi connectivity index (χ1v) is 11.2. The van der Waals surface area contributed by atoms with Crippen molar-refractivity contribution in [3.63, 3.8) is 0 Å². The highest BCUT2D eigenvalue weighted by Crippen LogP contribution is 2.56. The lowest BCUT2D eigenvalue weighted by atomic mass is 9.53. The Morgan fingerprint density at radius 1 is 1.00 bits per heavy atom. The molecule has 0 aromatic carbocycles. The van der Waals surface area contributed by atoms with E-state index in [4.69, 9.17) is 0 Å². The normalized spacial score (nSPS) is 35.2. The van der Waals surface area contributed by atoms with Crippen molar-refractivity contribution in [3.8, 4) is 0 Å². The first-order valence-electron chi connectivity index (χ1n) is 11.2. The lowest BCUT2D eigenvalue weighted by Crippen LogP contribution is -2.54. The van der Waals surface area contributed by atoms with Gasteiger partial charge in [0, 0.05) is 12.0 Å². The summed E-state index contributed by atoms with van der Waals surface area (Å²) in [4.78, 5) is 16.9. The third kappa shape index (κ3) is 3.86. The highest BCUT2D eigenvalue weighted by atomic mass is 16.1. The standard InChI is InChI=1S/C23H33N3O/c27-22(11-16-4-2-1-3-5-16)25-20-6-7-21(24-15-20)26-23-12-17-8-18(13-23)10-19(9-17)14-23/h6-7,15-19H,1-5,8-14H2,(H,24,26)(H,25,27). The molecule has 4 heteroatoms. The van der Waals surface area contributed by atoms with Crippen LogP contribution in [0.25, 0.3) is 0 Å². The van der Waals surface area contributed by atoms with E-state index in [9.17, 15) is 4.79 Å². The predicted octanol–water partition coefficient (Wildman–Crippen LogP) is 5.37. The molecule has 5 fully saturated rings. The van der Waals surface area contributed by atoms with Crippen LogP contribution in [0.2, 0.25) is 0 Å². The minimum absolute atomic E-state index is 0.144. The molecule has 0 radical (unpaired) electrons. The van der Waals surface area contributed by atoms with Gasteiger partial charge in [-0.25, -0.2) is 4.98 Å². The van der Waals surface area contributed by atoms with Crippen molar-refractivity contribution >= 4 is 17.4 Å². The van der Waals surface area contributed by atoms with Crippen molar-refractivity contribution in [2.75, 3.05) is 10.6 Å². The molecule has 4 bridgehead atoms. The zero-order valence-corrected chi connectivity index (χ0v) is 16.4. The van der Waals surface area contributed by atoms with Crippen LogP contribution in [0.5, 0.6) is 0 Å². The number of anilines is 2. The number of hydrogen-bond acceptors (Lipinski definition) is 3. The summed E-state index contributed by atoms with van der Waals surface area (Å²) in [5, 5.41) is 6.86. The average molecular weight is 368 g/mol. The second-order valence-corrected chi connectivity index (χ2v) is 10.0. The molecular formula is C23H33N3O. The van der Waals surface area contributed by atoms with E-state index in [-0.39, 0.29) is 11.4 Å². The Bertz CT molecular complexity index is 642. The average Bonchev–Trinajstić information content (AvgIpc) is 2.63. The molecule has 1 amide bonds. The van der Waals surface area contributed by atoms with Gasteiger partial charge < -0.3 is 10.6 Å². The van der Waals surface area contributed by atoms with E-state index in [0.717, 1.165) is 29.3 Å². The summed E-state index contributed by atoms with van der Waals surface area (Å²) < 4.78 is 0. The van der Waals surface area contributed by atoms with Crippen molar-refractivity contribution in [2.24, 2.45) is 23.7 Å². The van der Waals surface area contributed by atoms with E-state index in [1.54, 1.807) is 0 Å². The number of aromatic nitrogens is 1. The molecule has 5 saturated carbocycles. The van der Waals surface area contributed by atoms with Crippen molar-refractivity contribution in [2.45, 2.75) is 82.6 Å². The van der Waals surface area contributed by atoms with Gasteiger partial charge in [0.05, 0.1) is 11.9 Å². The fraction of sp³-hybridized carbons (Fsp3) is 0.739. The van der Waals surface area contributed by atoms with Crippen molar-refractivity contribution < 1.29 is 4.79 Å². The number of carbonyl (C=O) groups excluding carboxylic acids is 1. The van der Waals surface area contributed by atoms with Crippen LogP contribution in [0.3, 0.4) is 0 Å². The molecule has 2 N–H and O–H groups in total. The number of nitrogens with one attached hydrogen (secondary N) is 2. The second kappa shape index (κ2) is 7.10. The lowest BCUT2D eigenvalue weighted by molar-refractivity contribution is -0.117. The van der Waals surface area contributed by atoms with Crippen LogP contribution in [0.15, 0.2) is 18.3 Å². The van der Waals surface area contributed by atoms with Crippen LogP contribution >= 0.6 is 0 Å². The topological polar surface area (TPSA) is 54.0 Å². The minimum atomic E-state index is 0.144. The zero-order chi connectivity index (χ0) is 18.3. The highest BCUT2D eigenvalue weighted by molar-refractivity contribution is 5.90. The van der Waals surface area contributed by atoms with E-state index in [2.05, 4.69) is 21.7 Å². The second-order valence-electron chi connectivity index (χ2n) is 10.0. The third-order valence-corrected chi connectivity index (χ3v) is 7.68. The van der Waals surface area contributed by atoms with E-state index in [0.29, 0.717) is 12.3 Å². The predicted molar refractivity (Wildman–Crippen MR) is 109 cm³/mol. The fourth-order valence-electron chi connectivity index (χ4n) is 6.94. The number of carbonyl (C=O) groups is 1. The Morgan fingerprint density at radius 2 is 1.67 bits per heavy atom. The summed E-state index contributed by atoms with van der Waals surface area (Å²) in [6.07, 6.45) is 17.1. The van der Waals surface area contributed by atoms with Crippen LogP contribution in [-0.2, 0) is 4.79 Å². The molecule has 146 valence electrons. The molecule has 27 heavy (non-hydrogen) atoms. The number of amides is 1. The molecule has 5 aliphatic carbocycles. The maximum Gasteiger partial charge on any atom is 0.224 e. The zero-order valence-electron chi connectivity index (χ0n) is 16.4. The van der Waals surface area contributed by atoms with Gasteiger partial charge in [-0.15, -0.1) is 0 Å². The number of nitrogens with zero attached hydrogens (tertiary/aromatic N) is 1. The maximum atomic E-state index is 12.3. The van der Waals surface area contributed by atoms with Crippen molar-refractivity contribution in [1.29, 1.82) is 0 Å². The Morgan fingerprint density at radius 3 is 2.26 bits per heavy atom. The lowest BCUT2D eigenvalue weighted by Gasteiger charge is -2.57. The van der Waals surface area contributed by atoms with Gasteiger partial charge in [-0.05, 0) is 87.2 Å². The van der Waals surface area contributed by atoms with Gasteiger partial charge in [-0.1, -0.05) is 19.3 Å². The van der Waals surface area contributed by atoms with Gasteiger partial charge in [0.2, 0.25) is 5.91 Å². The fourth-order valence-corrected chi connectivity index (χ4v) is 6.94. The Kier molecular flexibility index (Phi) is 4.61. The SMILES string of the molecule is O=C(CC1CCCCC1)Nc1ccc(NC23CC4CC(CC(C4)C2)C3)nc1. The molecule has 6 rings (SSSR count). The molecule has 5 aliphatic rings. The summed E-state index contributed by atoms with van der Waals surface area (Å²) >= 11 is 0. The van der Waals surface area contributed by atoms with Crippen LogP contribution in [0.4, 0.5) is 11.5 Å². The van der Waals surface area contributed by atoms with Crippen molar-refractivity contribution in [3.05, 3.63) is 18.3 Å². The van der Waals surface area contributed by atoms with Gasteiger partial charge in [0.25, 0.3) is 0 Å². The molecule has 0 aliphatic heterocycles. The molecule has 1 aromatic heterocycles. The van der Waals surface area contributed by atoms with Crippen molar-refractivity contribution in [1.82, 2.24) is 4.98 Å². The van der Waals surface area contributed by atoms with E-state index in [1.807, 2.05) is 12.3 Å². The van der Waals surface area contributed by atoms with Crippen LogP contribution in [0, 0.1) is 23.7 Å². The molecule has 1 aromatic rings. The molecule has 0 unspecified atom stereocenters. The summed E-state index contributed by atoms with van der Waals surface area (Å²) in [6.45, 7) is 0. The summed E-state index contributed by atoms with van der Waals surface area (Å²) in [6, 6.07) is 4.06. The Labute approximate surface area is 162 Å². The summed E-state index contributed by atoms with van der Waals surface area (Å²) in [7, 11) is 0. The molecular weight excluding hydrogens is 334 g/mol. The van der Waals surface area contributed by atoms with Crippen LogP contribution in [-0.4, -0.2) is 16.4 Å². The maximum absolute atomic E-state index is 12.3. The smallest absolute Gasteiger partial charge is 0.224 e. The van der Waals surface area contributed by atoms with Gasteiger partial charge in [-0.3, -0.25) is 4.79 Å². The number of hydrogen-bond donors (Lipinski definition) is 2. The van der Waals surface area contributed by atoms with E-state index in [1.165, 1.54) is 70.6 Å². The molecule has 1 heterocycles. The van der Waals surface area contributed by atoms with Gasteiger partial charge in [0.15, 0.2) is 0 Å². The van der Waals surface area contributed by atoms with Crippen LogP contribution in [0.1, 0.15) is 77.0 Å². The van der Waals surface area contributed by atoms with Gasteiger partial charge in [0.1, 0.15) is 5.82 Å². The first kappa shape index (κ1) is 17.5. The largest absolute Gasteiger partial charge is 0.365 e. The number of pyridine rings is 1. The van der Waals surface area contributed by atoms with E-state index < -0.39 is 0 Å². The first-order chi connectivity index (χ1) is 13.2. The monoisotopic (exact) mass is 367 g/mol. The Hall–Kier alpha value is -1.58. The molecule has 4 nitrogen and oxygen atoms in total. The minimum Gasteiger partial charge on any atom is -0.365 e. The van der Waals surface area contributed by atoms with E-state index >= 15 is 0 Å². The summed E-state index contributed by atoms with van der Waals surface area (Å²) in [5.41, 5.74) is 1.11. The number of rotatable bonds is 5. The highest BCUT2D eigenvalue weighted by Gasteiger charge is 2.51. The quantitative estimate of drug-likeness (QED) is 0.735. The van der Waals surface area contributed by atoms with Gasteiger partial charge >= 0.3 is 0 Å². The summed E-state index contributed by atoms with van der Waals surface area (Å²) in [5.74, 6) is 4.49. The molecule has 0 spiro atoms. The third-order valence-electron chi connectivity index (χ3n) is 7.68. The molecule has 0 saturated heterocycles. The van der Waals surface area contributed by atoms with Gasteiger partial charge in [-0.2, -0.15) is 0 Å².